The molecule has 7 heteroatoms. The van der Waals surface area contributed by atoms with Gasteiger partial charge in [0.2, 0.25) is 0 Å². The van der Waals surface area contributed by atoms with Crippen LogP contribution in [0, 0.1) is 12.3 Å². The summed E-state index contributed by atoms with van der Waals surface area (Å²) in [4.78, 5) is 33.5. The lowest BCUT2D eigenvalue weighted by atomic mass is 9.68. The summed E-state index contributed by atoms with van der Waals surface area (Å²) < 4.78 is 1.08. The van der Waals surface area contributed by atoms with Gasteiger partial charge >= 0.3 is 5.97 Å². The van der Waals surface area contributed by atoms with E-state index >= 15 is 0 Å². The molecule has 6 nitrogen and oxygen atoms in total. The lowest BCUT2D eigenvalue weighted by Gasteiger charge is -2.51. The molecule has 26 heavy (non-hydrogen) atoms. The molecule has 2 fully saturated rings. The van der Waals surface area contributed by atoms with E-state index in [0.29, 0.717) is 31.5 Å². The van der Waals surface area contributed by atoms with Crippen LogP contribution < -0.4 is 0 Å². The third kappa shape index (κ3) is 2.70. The Morgan fingerprint density at radius 1 is 1.31 bits per heavy atom. The molecule has 0 saturated carbocycles. The van der Waals surface area contributed by atoms with E-state index in [9.17, 15) is 14.7 Å². The van der Waals surface area contributed by atoms with Gasteiger partial charge in [0, 0.05) is 24.7 Å². The number of nitrogens with zero attached hydrogens (tertiary/aromatic N) is 3. The average molecular weight is 373 g/mol. The van der Waals surface area contributed by atoms with Crippen molar-refractivity contribution in [3.63, 3.8) is 0 Å². The van der Waals surface area contributed by atoms with Gasteiger partial charge in [-0.3, -0.25) is 9.59 Å². The molecule has 138 valence electrons. The van der Waals surface area contributed by atoms with Gasteiger partial charge in [0.25, 0.3) is 5.91 Å². The predicted octanol–water partition coefficient (Wildman–Crippen LogP) is 2.62. The number of carbonyl (C=O) groups is 2. The second-order valence-corrected chi connectivity index (χ2v) is 8.71. The molecule has 2 atom stereocenters. The van der Waals surface area contributed by atoms with Crippen LogP contribution in [0.15, 0.2) is 18.2 Å². The summed E-state index contributed by atoms with van der Waals surface area (Å²) in [5.41, 5.74) is 0.758. The van der Waals surface area contributed by atoms with Crippen molar-refractivity contribution in [1.82, 2.24) is 14.8 Å². The zero-order valence-corrected chi connectivity index (χ0v) is 15.9. The standard InChI is InChI=1S/C19H23N3O3S/c1-12-20-14-10-13(4-5-15(14)26-12)17(23)22-9-7-19(18(24)25)6-3-8-21(2)16(19)11-22/h4-5,10,16H,3,6-9,11H2,1-2H3,(H,24,25)/t16-,19+/m1/s1. The minimum absolute atomic E-state index is 0.0319. The van der Waals surface area contributed by atoms with Crippen LogP contribution in [0.3, 0.4) is 0 Å². The quantitative estimate of drug-likeness (QED) is 0.876. The number of benzene rings is 1. The van der Waals surface area contributed by atoms with Gasteiger partial charge in [-0.2, -0.15) is 0 Å². The Bertz CT molecular complexity index is 880. The largest absolute Gasteiger partial charge is 0.481 e. The third-order valence-electron chi connectivity index (χ3n) is 5.98. The zero-order valence-electron chi connectivity index (χ0n) is 15.1. The van der Waals surface area contributed by atoms with Gasteiger partial charge in [-0.1, -0.05) is 0 Å². The van der Waals surface area contributed by atoms with Gasteiger partial charge in [0.15, 0.2) is 0 Å². The molecule has 0 bridgehead atoms. The number of piperidine rings is 2. The second kappa shape index (κ2) is 6.32. The first kappa shape index (κ1) is 17.4. The fourth-order valence-corrected chi connectivity index (χ4v) is 5.34. The monoisotopic (exact) mass is 373 g/mol. The Hall–Kier alpha value is -1.99. The summed E-state index contributed by atoms with van der Waals surface area (Å²) in [6, 6.07) is 5.53. The highest BCUT2D eigenvalue weighted by Crippen LogP contribution is 2.42. The van der Waals surface area contributed by atoms with Crippen LogP contribution in [0.4, 0.5) is 0 Å². The number of amides is 1. The maximum Gasteiger partial charge on any atom is 0.311 e. The number of carboxylic acid groups (broad SMARTS) is 1. The van der Waals surface area contributed by atoms with Crippen molar-refractivity contribution in [2.45, 2.75) is 32.2 Å². The van der Waals surface area contributed by atoms with Crippen LogP contribution in [0.1, 0.15) is 34.6 Å². The van der Waals surface area contributed by atoms with Gasteiger partial charge in [-0.25, -0.2) is 4.98 Å². The molecule has 0 unspecified atom stereocenters. The number of likely N-dealkylation sites (N-methyl/N-ethyl adjacent to an activating group) is 1. The summed E-state index contributed by atoms with van der Waals surface area (Å²) in [5, 5.41) is 10.9. The highest BCUT2D eigenvalue weighted by Gasteiger charge is 2.52. The number of aromatic nitrogens is 1. The number of hydrogen-bond acceptors (Lipinski definition) is 5. The van der Waals surface area contributed by atoms with Gasteiger partial charge in [-0.05, 0) is 58.0 Å². The number of hydrogen-bond donors (Lipinski definition) is 1. The maximum absolute atomic E-state index is 13.0. The summed E-state index contributed by atoms with van der Waals surface area (Å²) in [6.45, 7) is 3.80. The van der Waals surface area contributed by atoms with E-state index in [0.717, 1.165) is 28.2 Å². The van der Waals surface area contributed by atoms with E-state index in [-0.39, 0.29) is 11.9 Å². The SMILES string of the molecule is Cc1nc2cc(C(=O)N3CC[C@@]4(C(=O)O)CCCN(C)[C@@H]4C3)ccc2s1. The van der Waals surface area contributed by atoms with Gasteiger partial charge < -0.3 is 14.9 Å². The molecule has 1 aromatic carbocycles. The van der Waals surface area contributed by atoms with Gasteiger partial charge in [-0.15, -0.1) is 11.3 Å². The minimum Gasteiger partial charge on any atom is -0.481 e. The van der Waals surface area contributed by atoms with Crippen LogP contribution in [0.2, 0.25) is 0 Å². The smallest absolute Gasteiger partial charge is 0.311 e. The van der Waals surface area contributed by atoms with E-state index in [4.69, 9.17) is 0 Å². The third-order valence-corrected chi connectivity index (χ3v) is 6.93. The molecule has 4 rings (SSSR count). The summed E-state index contributed by atoms with van der Waals surface area (Å²) >= 11 is 1.62. The Morgan fingerprint density at radius 2 is 2.12 bits per heavy atom. The molecule has 3 heterocycles. The Morgan fingerprint density at radius 3 is 2.88 bits per heavy atom. The van der Waals surface area contributed by atoms with Crippen molar-refractivity contribution < 1.29 is 14.7 Å². The van der Waals surface area contributed by atoms with Gasteiger partial charge in [0.1, 0.15) is 0 Å². The van der Waals surface area contributed by atoms with Crippen molar-refractivity contribution in [1.29, 1.82) is 0 Å². The minimum atomic E-state index is -0.722. The van der Waals surface area contributed by atoms with E-state index in [1.807, 2.05) is 37.1 Å². The first-order chi connectivity index (χ1) is 12.4. The lowest BCUT2D eigenvalue weighted by molar-refractivity contribution is -0.161. The van der Waals surface area contributed by atoms with E-state index in [1.54, 1.807) is 11.3 Å². The number of rotatable bonds is 2. The van der Waals surface area contributed by atoms with E-state index < -0.39 is 11.4 Å². The molecule has 1 N–H and O–H groups in total. The van der Waals surface area contributed by atoms with E-state index in [1.165, 1.54) is 0 Å². The maximum atomic E-state index is 13.0. The number of likely N-dealkylation sites (tertiary alicyclic amines) is 2. The fourth-order valence-electron chi connectivity index (χ4n) is 4.53. The molecule has 1 amide bonds. The van der Waals surface area contributed by atoms with Gasteiger partial charge in [0.05, 0.1) is 20.6 Å². The van der Waals surface area contributed by atoms with Crippen LogP contribution in [-0.4, -0.2) is 64.5 Å². The predicted molar refractivity (Wildman–Crippen MR) is 101 cm³/mol. The molecular weight excluding hydrogens is 350 g/mol. The van der Waals surface area contributed by atoms with Crippen LogP contribution >= 0.6 is 11.3 Å². The molecule has 0 spiro atoms. The number of aryl methyl sites for hydroxylation is 1. The highest BCUT2D eigenvalue weighted by molar-refractivity contribution is 7.18. The van der Waals surface area contributed by atoms with Crippen LogP contribution in [0.5, 0.6) is 0 Å². The molecule has 2 aliphatic rings. The highest BCUT2D eigenvalue weighted by atomic mass is 32.1. The summed E-state index contributed by atoms with van der Waals surface area (Å²) in [7, 11) is 1.97. The van der Waals surface area contributed by atoms with Crippen LogP contribution in [0.25, 0.3) is 10.2 Å². The number of carbonyl (C=O) groups excluding carboxylic acids is 1. The molecule has 0 radical (unpaired) electrons. The number of thiazole rings is 1. The fraction of sp³-hybridized carbons (Fsp3) is 0.526. The zero-order chi connectivity index (χ0) is 18.5. The lowest BCUT2D eigenvalue weighted by Crippen LogP contribution is -2.63. The molecule has 2 aromatic rings. The Balaban J connectivity index is 1.60. The Kier molecular flexibility index (Phi) is 4.23. The second-order valence-electron chi connectivity index (χ2n) is 7.48. The van der Waals surface area contributed by atoms with E-state index in [2.05, 4.69) is 9.88 Å². The first-order valence-corrected chi connectivity index (χ1v) is 9.82. The summed E-state index contributed by atoms with van der Waals surface area (Å²) in [5.74, 6) is -0.754. The number of fused-ring (bicyclic) bond motifs is 2. The van der Waals surface area contributed by atoms with Crippen molar-refractivity contribution in [3.05, 3.63) is 28.8 Å². The molecule has 0 aliphatic carbocycles. The Labute approximate surface area is 156 Å². The molecule has 2 aliphatic heterocycles. The number of carboxylic acids is 1. The summed E-state index contributed by atoms with van der Waals surface area (Å²) in [6.07, 6.45) is 2.11. The van der Waals surface area contributed by atoms with Crippen molar-refractivity contribution in [2.24, 2.45) is 5.41 Å². The molecule has 1 aromatic heterocycles. The topological polar surface area (TPSA) is 73.7 Å². The number of aliphatic carboxylic acids is 1. The molecule has 2 saturated heterocycles. The van der Waals surface area contributed by atoms with Crippen molar-refractivity contribution >= 4 is 33.4 Å². The van der Waals surface area contributed by atoms with Crippen molar-refractivity contribution in [3.8, 4) is 0 Å². The van der Waals surface area contributed by atoms with Crippen LogP contribution in [-0.2, 0) is 4.79 Å². The first-order valence-electron chi connectivity index (χ1n) is 9.01. The normalized spacial score (nSPS) is 26.7. The molecular formula is C19H23N3O3S. The van der Waals surface area contributed by atoms with Crippen molar-refractivity contribution in [2.75, 3.05) is 26.7 Å². The average Bonchev–Trinajstić information content (AvgIpc) is 3.00.